The zero-order valence-corrected chi connectivity index (χ0v) is 11.8. The number of aromatic nitrogens is 3. The van der Waals surface area contributed by atoms with E-state index in [0.717, 1.165) is 12.1 Å². The number of hydrogen-bond acceptors (Lipinski definition) is 3. The molecule has 0 unspecified atom stereocenters. The van der Waals surface area contributed by atoms with Gasteiger partial charge in [0.1, 0.15) is 0 Å². The van der Waals surface area contributed by atoms with Crippen LogP contribution in [0.15, 0.2) is 35.4 Å². The van der Waals surface area contributed by atoms with E-state index < -0.39 is 11.7 Å². The second-order valence-electron chi connectivity index (χ2n) is 3.98. The van der Waals surface area contributed by atoms with Crippen LogP contribution in [-0.2, 0) is 18.6 Å². The van der Waals surface area contributed by atoms with Gasteiger partial charge in [-0.15, -0.1) is 28.5 Å². The van der Waals surface area contributed by atoms with Crippen molar-refractivity contribution in [2.75, 3.05) is 5.75 Å². The normalized spacial score (nSPS) is 11.8. The molecule has 0 bridgehead atoms. The predicted octanol–water partition coefficient (Wildman–Crippen LogP) is 3.83. The zero-order valence-electron chi connectivity index (χ0n) is 10.3. The number of halogens is 4. The lowest BCUT2D eigenvalue weighted by atomic mass is 10.2. The summed E-state index contributed by atoms with van der Waals surface area (Å²) in [6.45, 7) is 0.560. The van der Waals surface area contributed by atoms with Crippen LogP contribution in [0.4, 0.5) is 13.2 Å². The Morgan fingerprint density at radius 2 is 2.10 bits per heavy atom. The first-order chi connectivity index (χ1) is 9.49. The molecule has 0 N–H and O–H groups in total. The Balaban J connectivity index is 1.91. The highest BCUT2D eigenvalue weighted by molar-refractivity contribution is 7.99. The fourth-order valence-electron chi connectivity index (χ4n) is 1.53. The molecule has 0 saturated carbocycles. The number of aryl methyl sites for hydroxylation is 1. The molecular formula is C12H11ClF3N3S. The van der Waals surface area contributed by atoms with Crippen LogP contribution in [-0.4, -0.2) is 20.7 Å². The third-order valence-electron chi connectivity index (χ3n) is 2.47. The van der Waals surface area contributed by atoms with Crippen molar-refractivity contribution in [2.45, 2.75) is 23.5 Å². The number of benzene rings is 1. The molecule has 0 aliphatic carbocycles. The van der Waals surface area contributed by atoms with Crippen LogP contribution in [0.1, 0.15) is 11.3 Å². The van der Waals surface area contributed by atoms with Gasteiger partial charge >= 0.3 is 6.18 Å². The molecule has 0 aliphatic rings. The minimum absolute atomic E-state index is 0.292. The van der Waals surface area contributed by atoms with Gasteiger partial charge in [-0.2, -0.15) is 13.2 Å². The highest BCUT2D eigenvalue weighted by Crippen LogP contribution is 2.31. The Hall–Kier alpha value is -1.21. The van der Waals surface area contributed by atoms with E-state index in [1.54, 1.807) is 16.9 Å². The van der Waals surface area contributed by atoms with Gasteiger partial charge in [0.15, 0.2) is 0 Å². The van der Waals surface area contributed by atoms with Crippen LogP contribution in [0.3, 0.4) is 0 Å². The summed E-state index contributed by atoms with van der Waals surface area (Å²) in [5.41, 5.74) is 0.0448. The Bertz CT molecular complexity index is 571. The Labute approximate surface area is 123 Å². The molecule has 2 aromatic rings. The summed E-state index contributed by atoms with van der Waals surface area (Å²) in [5, 5.41) is 7.69. The zero-order chi connectivity index (χ0) is 14.6. The SMILES string of the molecule is FC(F)(F)c1cccc(SCCn2cc(CCl)nn2)c1. The van der Waals surface area contributed by atoms with E-state index in [0.29, 0.717) is 28.8 Å². The first-order valence-electron chi connectivity index (χ1n) is 5.74. The highest BCUT2D eigenvalue weighted by Gasteiger charge is 2.30. The van der Waals surface area contributed by atoms with Crippen molar-refractivity contribution >= 4 is 23.4 Å². The minimum Gasteiger partial charge on any atom is -0.251 e. The summed E-state index contributed by atoms with van der Waals surface area (Å²) in [4.78, 5) is 0.581. The molecule has 0 amide bonds. The maximum absolute atomic E-state index is 12.6. The molecule has 108 valence electrons. The molecule has 0 radical (unpaired) electrons. The van der Waals surface area contributed by atoms with E-state index >= 15 is 0 Å². The smallest absolute Gasteiger partial charge is 0.251 e. The maximum Gasteiger partial charge on any atom is 0.416 e. The van der Waals surface area contributed by atoms with Crippen molar-refractivity contribution in [2.24, 2.45) is 0 Å². The van der Waals surface area contributed by atoms with E-state index in [4.69, 9.17) is 11.6 Å². The molecule has 0 atom stereocenters. The largest absolute Gasteiger partial charge is 0.416 e. The lowest BCUT2D eigenvalue weighted by molar-refractivity contribution is -0.137. The summed E-state index contributed by atoms with van der Waals surface area (Å²) >= 11 is 6.94. The van der Waals surface area contributed by atoms with Crippen molar-refractivity contribution in [1.29, 1.82) is 0 Å². The van der Waals surface area contributed by atoms with Gasteiger partial charge in [0.05, 0.1) is 23.7 Å². The second kappa shape index (κ2) is 6.49. The monoisotopic (exact) mass is 321 g/mol. The number of hydrogen-bond donors (Lipinski definition) is 0. The molecule has 1 aromatic heterocycles. The van der Waals surface area contributed by atoms with Crippen molar-refractivity contribution in [3.8, 4) is 0 Å². The van der Waals surface area contributed by atoms with Gasteiger partial charge in [-0.3, -0.25) is 4.68 Å². The summed E-state index contributed by atoms with van der Waals surface area (Å²) in [6, 6.07) is 5.28. The van der Waals surface area contributed by atoms with E-state index in [1.165, 1.54) is 17.8 Å². The third-order valence-corrected chi connectivity index (χ3v) is 3.72. The summed E-state index contributed by atoms with van der Waals surface area (Å²) in [5.74, 6) is 0.896. The number of thioether (sulfide) groups is 1. The van der Waals surface area contributed by atoms with Crippen molar-refractivity contribution < 1.29 is 13.2 Å². The van der Waals surface area contributed by atoms with Crippen LogP contribution in [0, 0.1) is 0 Å². The Morgan fingerprint density at radius 1 is 1.30 bits per heavy atom. The second-order valence-corrected chi connectivity index (χ2v) is 5.42. The van der Waals surface area contributed by atoms with Crippen LogP contribution >= 0.6 is 23.4 Å². The third kappa shape index (κ3) is 4.14. The summed E-state index contributed by atoms with van der Waals surface area (Å²) < 4.78 is 39.3. The summed E-state index contributed by atoms with van der Waals surface area (Å²) in [6.07, 6.45) is -2.59. The quantitative estimate of drug-likeness (QED) is 0.619. The van der Waals surface area contributed by atoms with Gasteiger partial charge in [0.2, 0.25) is 0 Å². The van der Waals surface area contributed by atoms with Crippen molar-refractivity contribution in [1.82, 2.24) is 15.0 Å². The average Bonchev–Trinajstić information content (AvgIpc) is 2.86. The van der Waals surface area contributed by atoms with Crippen molar-refractivity contribution in [3.05, 3.63) is 41.7 Å². The molecule has 8 heteroatoms. The van der Waals surface area contributed by atoms with Crippen LogP contribution in [0.25, 0.3) is 0 Å². The average molecular weight is 322 g/mol. The van der Waals surface area contributed by atoms with Crippen LogP contribution in [0.2, 0.25) is 0 Å². The standard InChI is InChI=1S/C12H11ClF3N3S/c13-7-10-8-19(18-17-10)4-5-20-11-3-1-2-9(6-11)12(14,15)16/h1-3,6,8H,4-5,7H2. The molecule has 3 nitrogen and oxygen atoms in total. The molecule has 2 rings (SSSR count). The lowest BCUT2D eigenvalue weighted by Gasteiger charge is -2.08. The van der Waals surface area contributed by atoms with Crippen LogP contribution < -0.4 is 0 Å². The van der Waals surface area contributed by atoms with E-state index in [-0.39, 0.29) is 0 Å². The molecule has 1 aromatic carbocycles. The fourth-order valence-corrected chi connectivity index (χ4v) is 2.55. The predicted molar refractivity (Wildman–Crippen MR) is 71.7 cm³/mol. The minimum atomic E-state index is -4.31. The highest BCUT2D eigenvalue weighted by atomic mass is 35.5. The molecule has 0 aliphatic heterocycles. The van der Waals surface area contributed by atoms with Gasteiger partial charge < -0.3 is 0 Å². The van der Waals surface area contributed by atoms with Gasteiger partial charge in [-0.05, 0) is 18.2 Å². The van der Waals surface area contributed by atoms with Crippen LogP contribution in [0.5, 0.6) is 0 Å². The first kappa shape index (κ1) is 15.2. The molecular weight excluding hydrogens is 311 g/mol. The van der Waals surface area contributed by atoms with E-state index in [2.05, 4.69) is 10.3 Å². The Morgan fingerprint density at radius 3 is 2.75 bits per heavy atom. The molecule has 0 fully saturated rings. The maximum atomic E-state index is 12.6. The van der Waals surface area contributed by atoms with E-state index in [1.807, 2.05) is 0 Å². The van der Waals surface area contributed by atoms with Gasteiger partial charge in [0, 0.05) is 16.8 Å². The molecule has 20 heavy (non-hydrogen) atoms. The molecule has 1 heterocycles. The molecule has 0 saturated heterocycles. The van der Waals surface area contributed by atoms with Gasteiger partial charge in [-0.1, -0.05) is 11.3 Å². The van der Waals surface area contributed by atoms with E-state index in [9.17, 15) is 13.2 Å². The number of nitrogens with zero attached hydrogens (tertiary/aromatic N) is 3. The van der Waals surface area contributed by atoms with Gasteiger partial charge in [-0.25, -0.2) is 0 Å². The number of rotatable bonds is 5. The number of alkyl halides is 4. The van der Waals surface area contributed by atoms with Crippen molar-refractivity contribution in [3.63, 3.8) is 0 Å². The topological polar surface area (TPSA) is 30.7 Å². The first-order valence-corrected chi connectivity index (χ1v) is 7.26. The van der Waals surface area contributed by atoms with Gasteiger partial charge in [0.25, 0.3) is 0 Å². The molecule has 0 spiro atoms. The Kier molecular flexibility index (Phi) is 4.93. The summed E-state index contributed by atoms with van der Waals surface area (Å²) in [7, 11) is 0. The lowest BCUT2D eigenvalue weighted by Crippen LogP contribution is -2.05. The fraction of sp³-hybridized carbons (Fsp3) is 0.333.